The minimum Gasteiger partial charge on any atom is -0.361 e. The SMILES string of the molecule is NC(O)N1CCC(F)(F)c2cc(Br)cnc21. The van der Waals surface area contributed by atoms with Crippen LogP contribution < -0.4 is 10.6 Å². The first-order valence-electron chi connectivity index (χ1n) is 4.66. The van der Waals surface area contributed by atoms with Crippen molar-refractivity contribution in [1.82, 2.24) is 4.98 Å². The molecular weight excluding hydrogens is 284 g/mol. The lowest BCUT2D eigenvalue weighted by Crippen LogP contribution is -2.47. The molecular formula is C9H10BrF2N3O. The van der Waals surface area contributed by atoms with E-state index in [1.54, 1.807) is 0 Å². The molecule has 0 saturated carbocycles. The fourth-order valence-corrected chi connectivity index (χ4v) is 2.02. The van der Waals surface area contributed by atoms with Crippen LogP contribution in [0, 0.1) is 0 Å². The van der Waals surface area contributed by atoms with Crippen molar-refractivity contribution in [3.63, 3.8) is 0 Å². The lowest BCUT2D eigenvalue weighted by molar-refractivity contribution is -0.0194. The number of nitrogens with zero attached hydrogens (tertiary/aromatic N) is 2. The first-order valence-corrected chi connectivity index (χ1v) is 5.45. The number of rotatable bonds is 1. The van der Waals surface area contributed by atoms with Gasteiger partial charge in [-0.2, -0.15) is 0 Å². The Hall–Kier alpha value is -0.790. The lowest BCUT2D eigenvalue weighted by Gasteiger charge is -2.35. The molecule has 0 amide bonds. The Bertz CT molecular complexity index is 414. The molecule has 7 heteroatoms. The Morgan fingerprint density at radius 3 is 2.94 bits per heavy atom. The number of anilines is 1. The maximum atomic E-state index is 13.6. The molecule has 0 spiro atoms. The highest BCUT2D eigenvalue weighted by Gasteiger charge is 2.41. The number of aliphatic hydroxyl groups excluding tert-OH is 1. The summed E-state index contributed by atoms with van der Waals surface area (Å²) in [5.41, 5.74) is 5.08. The van der Waals surface area contributed by atoms with Crippen molar-refractivity contribution in [1.29, 1.82) is 0 Å². The Kier molecular flexibility index (Phi) is 2.85. The number of aromatic nitrogens is 1. The molecule has 0 saturated heterocycles. The molecule has 4 nitrogen and oxygen atoms in total. The molecule has 0 bridgehead atoms. The monoisotopic (exact) mass is 293 g/mol. The Balaban J connectivity index is 2.53. The smallest absolute Gasteiger partial charge is 0.278 e. The van der Waals surface area contributed by atoms with E-state index in [0.717, 1.165) is 0 Å². The molecule has 0 aliphatic carbocycles. The van der Waals surface area contributed by atoms with Crippen molar-refractivity contribution in [2.75, 3.05) is 11.4 Å². The fourth-order valence-electron chi connectivity index (χ4n) is 1.69. The number of hydrogen-bond acceptors (Lipinski definition) is 4. The molecule has 1 aromatic rings. The van der Waals surface area contributed by atoms with E-state index in [9.17, 15) is 13.9 Å². The summed E-state index contributed by atoms with van der Waals surface area (Å²) in [6, 6.07) is 1.30. The second kappa shape index (κ2) is 3.90. The van der Waals surface area contributed by atoms with Crippen molar-refractivity contribution in [3.8, 4) is 0 Å². The van der Waals surface area contributed by atoms with Crippen LogP contribution >= 0.6 is 15.9 Å². The zero-order chi connectivity index (χ0) is 11.9. The second-order valence-electron chi connectivity index (χ2n) is 3.59. The highest BCUT2D eigenvalue weighted by Crippen LogP contribution is 2.42. The summed E-state index contributed by atoms with van der Waals surface area (Å²) in [5, 5.41) is 9.27. The summed E-state index contributed by atoms with van der Waals surface area (Å²) in [5.74, 6) is -2.90. The highest BCUT2D eigenvalue weighted by atomic mass is 79.9. The maximum Gasteiger partial charge on any atom is 0.278 e. The van der Waals surface area contributed by atoms with Crippen LogP contribution in [-0.2, 0) is 5.92 Å². The van der Waals surface area contributed by atoms with E-state index in [4.69, 9.17) is 5.73 Å². The minimum absolute atomic E-state index is 0.0215. The molecule has 2 heterocycles. The zero-order valence-corrected chi connectivity index (χ0v) is 9.79. The van der Waals surface area contributed by atoms with Gasteiger partial charge in [-0.15, -0.1) is 0 Å². The van der Waals surface area contributed by atoms with Crippen molar-refractivity contribution < 1.29 is 13.9 Å². The average Bonchev–Trinajstić information content (AvgIpc) is 2.18. The quantitative estimate of drug-likeness (QED) is 0.768. The molecule has 0 fully saturated rings. The average molecular weight is 294 g/mol. The fraction of sp³-hybridized carbons (Fsp3) is 0.444. The van der Waals surface area contributed by atoms with Gasteiger partial charge in [0.25, 0.3) is 5.92 Å². The number of aliphatic hydroxyl groups is 1. The van der Waals surface area contributed by atoms with Crippen LogP contribution in [0.25, 0.3) is 0 Å². The molecule has 1 unspecified atom stereocenters. The van der Waals surface area contributed by atoms with Gasteiger partial charge >= 0.3 is 0 Å². The van der Waals surface area contributed by atoms with Gasteiger partial charge in [0.1, 0.15) is 5.82 Å². The van der Waals surface area contributed by atoms with Gasteiger partial charge in [0.15, 0.2) is 6.35 Å². The van der Waals surface area contributed by atoms with Gasteiger partial charge in [0, 0.05) is 23.6 Å². The third-order valence-corrected chi connectivity index (χ3v) is 2.92. The Morgan fingerprint density at radius 2 is 2.31 bits per heavy atom. The predicted molar refractivity (Wildman–Crippen MR) is 58.0 cm³/mol. The van der Waals surface area contributed by atoms with E-state index in [0.29, 0.717) is 4.47 Å². The molecule has 1 atom stereocenters. The number of hydrogen-bond donors (Lipinski definition) is 2. The number of halogens is 3. The first-order chi connectivity index (χ1) is 7.42. The van der Waals surface area contributed by atoms with Crippen LogP contribution in [0.15, 0.2) is 16.7 Å². The van der Waals surface area contributed by atoms with E-state index in [1.165, 1.54) is 17.2 Å². The third-order valence-electron chi connectivity index (χ3n) is 2.49. The van der Waals surface area contributed by atoms with Crippen LogP contribution in [0.4, 0.5) is 14.6 Å². The van der Waals surface area contributed by atoms with Gasteiger partial charge in [-0.25, -0.2) is 13.8 Å². The van der Waals surface area contributed by atoms with Crippen LogP contribution in [-0.4, -0.2) is 23.0 Å². The van der Waals surface area contributed by atoms with Gasteiger partial charge in [-0.05, 0) is 22.0 Å². The van der Waals surface area contributed by atoms with Crippen LogP contribution in [0.1, 0.15) is 12.0 Å². The molecule has 2 rings (SSSR count). The summed E-state index contributed by atoms with van der Waals surface area (Å²) in [6.07, 6.45) is -0.300. The maximum absolute atomic E-state index is 13.6. The summed E-state index contributed by atoms with van der Waals surface area (Å²) >= 11 is 3.09. The molecule has 16 heavy (non-hydrogen) atoms. The van der Waals surface area contributed by atoms with Crippen LogP contribution in [0.5, 0.6) is 0 Å². The number of nitrogens with two attached hydrogens (primary N) is 1. The topological polar surface area (TPSA) is 62.4 Å². The van der Waals surface area contributed by atoms with Crippen molar-refractivity contribution in [2.45, 2.75) is 18.7 Å². The summed E-state index contributed by atoms with van der Waals surface area (Å²) in [4.78, 5) is 5.13. The molecule has 1 aliphatic heterocycles. The standard InChI is InChI=1S/C9H10BrF2N3O/c10-5-3-6-7(14-4-5)15(8(13)16)2-1-9(6,11)12/h3-4,8,16H,1-2,13H2. The minimum atomic E-state index is -2.93. The number of fused-ring (bicyclic) bond motifs is 1. The molecule has 88 valence electrons. The van der Waals surface area contributed by atoms with Crippen molar-refractivity contribution in [3.05, 3.63) is 22.3 Å². The normalized spacial score (nSPS) is 20.4. The first kappa shape index (κ1) is 11.7. The molecule has 3 N–H and O–H groups in total. The summed E-state index contributed by atoms with van der Waals surface area (Å²) in [7, 11) is 0. The van der Waals surface area contributed by atoms with Gasteiger partial charge in [-0.3, -0.25) is 5.73 Å². The van der Waals surface area contributed by atoms with Gasteiger partial charge in [0.2, 0.25) is 0 Å². The van der Waals surface area contributed by atoms with Gasteiger partial charge < -0.3 is 10.0 Å². The predicted octanol–water partition coefficient (Wildman–Crippen LogP) is 1.38. The number of alkyl halides is 2. The van der Waals surface area contributed by atoms with Gasteiger partial charge in [-0.1, -0.05) is 0 Å². The van der Waals surface area contributed by atoms with E-state index in [2.05, 4.69) is 20.9 Å². The highest BCUT2D eigenvalue weighted by molar-refractivity contribution is 9.10. The van der Waals surface area contributed by atoms with E-state index < -0.39 is 12.3 Å². The summed E-state index contributed by atoms with van der Waals surface area (Å²) < 4.78 is 27.7. The van der Waals surface area contributed by atoms with Crippen LogP contribution in [0.3, 0.4) is 0 Å². The Morgan fingerprint density at radius 1 is 1.62 bits per heavy atom. The molecule has 0 radical (unpaired) electrons. The van der Waals surface area contributed by atoms with Crippen molar-refractivity contribution in [2.24, 2.45) is 5.73 Å². The number of pyridine rings is 1. The Labute approximate surface area is 99.2 Å². The molecule has 1 aromatic heterocycles. The summed E-state index contributed by atoms with van der Waals surface area (Å²) in [6.45, 7) is -0.0215. The lowest BCUT2D eigenvalue weighted by atomic mass is 10.0. The third kappa shape index (κ3) is 1.90. The zero-order valence-electron chi connectivity index (χ0n) is 8.20. The van der Waals surface area contributed by atoms with Crippen molar-refractivity contribution >= 4 is 21.7 Å². The van der Waals surface area contributed by atoms with E-state index in [-0.39, 0.29) is 24.3 Å². The molecule has 1 aliphatic rings. The van der Waals surface area contributed by atoms with Crippen LogP contribution in [0.2, 0.25) is 0 Å². The van der Waals surface area contributed by atoms with E-state index in [1.807, 2.05) is 0 Å². The second-order valence-corrected chi connectivity index (χ2v) is 4.50. The van der Waals surface area contributed by atoms with Gasteiger partial charge in [0.05, 0.1) is 5.56 Å². The molecule has 0 aromatic carbocycles. The largest absolute Gasteiger partial charge is 0.361 e. The van der Waals surface area contributed by atoms with E-state index >= 15 is 0 Å².